The second-order valence-corrected chi connectivity index (χ2v) is 6.76. The number of aliphatic carboxylic acids is 1. The molecular weight excluding hydrogens is 346 g/mol. The van der Waals surface area contributed by atoms with E-state index in [-0.39, 0.29) is 5.92 Å². The van der Waals surface area contributed by atoms with Gasteiger partial charge in [-0.05, 0) is 37.3 Å². The van der Waals surface area contributed by atoms with Gasteiger partial charge in [0.25, 0.3) is 0 Å². The SMILES string of the molecule is [B]CCCCC(N)(C(=O)O)C1CCN(c2ccc(C(F)(F)F)cn2)CC1. The molecule has 0 bridgehead atoms. The first kappa shape index (κ1) is 20.5. The topological polar surface area (TPSA) is 79.5 Å². The molecule has 1 atom stereocenters. The number of alkyl halides is 3. The number of unbranched alkanes of at least 4 members (excludes halogenated alkanes) is 1. The first-order valence-corrected chi connectivity index (χ1v) is 8.69. The molecule has 26 heavy (non-hydrogen) atoms. The minimum atomic E-state index is -4.41. The van der Waals surface area contributed by atoms with Crippen LogP contribution in [0.1, 0.15) is 37.7 Å². The van der Waals surface area contributed by atoms with Gasteiger partial charge in [0.1, 0.15) is 11.4 Å². The Balaban J connectivity index is 2.00. The number of rotatable bonds is 7. The van der Waals surface area contributed by atoms with E-state index >= 15 is 0 Å². The molecule has 2 heterocycles. The number of pyridine rings is 1. The van der Waals surface area contributed by atoms with E-state index in [0.717, 1.165) is 18.7 Å². The van der Waals surface area contributed by atoms with Gasteiger partial charge in [-0.3, -0.25) is 4.79 Å². The number of aromatic nitrogens is 1. The zero-order chi connectivity index (χ0) is 19.4. The Morgan fingerprint density at radius 2 is 1.96 bits per heavy atom. The average Bonchev–Trinajstić information content (AvgIpc) is 2.61. The van der Waals surface area contributed by atoms with Gasteiger partial charge in [-0.15, -0.1) is 0 Å². The van der Waals surface area contributed by atoms with Crippen LogP contribution in [0.3, 0.4) is 0 Å². The van der Waals surface area contributed by atoms with Crippen LogP contribution in [-0.2, 0) is 11.0 Å². The van der Waals surface area contributed by atoms with E-state index in [1.807, 2.05) is 4.90 Å². The maximum Gasteiger partial charge on any atom is 0.417 e. The maximum atomic E-state index is 12.6. The normalized spacial score (nSPS) is 18.5. The third-order valence-electron chi connectivity index (χ3n) is 5.07. The van der Waals surface area contributed by atoms with Crippen molar-refractivity contribution in [3.05, 3.63) is 23.9 Å². The molecule has 3 N–H and O–H groups in total. The van der Waals surface area contributed by atoms with Crippen molar-refractivity contribution in [2.24, 2.45) is 11.7 Å². The molecule has 1 unspecified atom stereocenters. The van der Waals surface area contributed by atoms with Gasteiger partial charge in [0.15, 0.2) is 0 Å². The molecule has 9 heteroatoms. The summed E-state index contributed by atoms with van der Waals surface area (Å²) in [5.41, 5.74) is 4.12. The van der Waals surface area contributed by atoms with E-state index in [1.165, 1.54) is 6.07 Å². The summed E-state index contributed by atoms with van der Waals surface area (Å²) in [6.07, 6.45) is -0.263. The highest BCUT2D eigenvalue weighted by atomic mass is 19.4. The van der Waals surface area contributed by atoms with Crippen molar-refractivity contribution in [3.63, 3.8) is 0 Å². The summed E-state index contributed by atoms with van der Waals surface area (Å²) in [5.74, 6) is -0.748. The molecule has 0 spiro atoms. The summed E-state index contributed by atoms with van der Waals surface area (Å²) < 4.78 is 37.8. The highest BCUT2D eigenvalue weighted by Gasteiger charge is 2.43. The van der Waals surface area contributed by atoms with Crippen LogP contribution in [-0.4, -0.2) is 42.5 Å². The van der Waals surface area contributed by atoms with Gasteiger partial charge in [-0.25, -0.2) is 4.98 Å². The number of carbonyl (C=O) groups is 1. The molecule has 5 nitrogen and oxygen atoms in total. The number of anilines is 1. The predicted octanol–water partition coefficient (Wildman–Crippen LogP) is 2.86. The first-order chi connectivity index (χ1) is 12.2. The van der Waals surface area contributed by atoms with E-state index in [1.54, 1.807) is 0 Å². The molecule has 1 aliphatic rings. The van der Waals surface area contributed by atoms with E-state index < -0.39 is 23.2 Å². The monoisotopic (exact) mass is 369 g/mol. The number of piperidine rings is 1. The fraction of sp³-hybridized carbons (Fsp3) is 0.647. The Labute approximate surface area is 152 Å². The van der Waals surface area contributed by atoms with Crippen LogP contribution >= 0.6 is 0 Å². The fourth-order valence-electron chi connectivity index (χ4n) is 3.41. The second-order valence-electron chi connectivity index (χ2n) is 6.76. The van der Waals surface area contributed by atoms with Crippen molar-refractivity contribution in [1.82, 2.24) is 4.98 Å². The summed E-state index contributed by atoms with van der Waals surface area (Å²) >= 11 is 0. The molecular formula is C17H23BF3N3O2. The zero-order valence-electron chi connectivity index (χ0n) is 14.5. The molecule has 0 saturated carbocycles. The maximum absolute atomic E-state index is 12.6. The number of carboxylic acids is 1. The van der Waals surface area contributed by atoms with Crippen molar-refractivity contribution in [3.8, 4) is 0 Å². The van der Waals surface area contributed by atoms with E-state index in [9.17, 15) is 23.1 Å². The minimum absolute atomic E-state index is 0.191. The molecule has 142 valence electrons. The Morgan fingerprint density at radius 3 is 2.42 bits per heavy atom. The second kappa shape index (κ2) is 8.29. The summed E-state index contributed by atoms with van der Waals surface area (Å²) in [7, 11) is 5.46. The smallest absolute Gasteiger partial charge is 0.417 e. The third kappa shape index (κ3) is 4.69. The Kier molecular flexibility index (Phi) is 6.55. The van der Waals surface area contributed by atoms with Crippen LogP contribution < -0.4 is 10.6 Å². The molecule has 2 radical (unpaired) electrons. The summed E-state index contributed by atoms with van der Waals surface area (Å²) in [5, 5.41) is 9.59. The van der Waals surface area contributed by atoms with Crippen LogP contribution in [0.25, 0.3) is 0 Å². The van der Waals surface area contributed by atoms with Gasteiger partial charge >= 0.3 is 12.1 Å². The lowest BCUT2D eigenvalue weighted by atomic mass is 9.75. The Bertz CT molecular complexity index is 604. The average molecular weight is 369 g/mol. The first-order valence-electron chi connectivity index (χ1n) is 8.69. The number of hydrogen-bond acceptors (Lipinski definition) is 4. The van der Waals surface area contributed by atoms with Crippen molar-refractivity contribution in [1.29, 1.82) is 0 Å². The van der Waals surface area contributed by atoms with Crippen LogP contribution in [0.4, 0.5) is 19.0 Å². The van der Waals surface area contributed by atoms with Gasteiger partial charge in [0.2, 0.25) is 0 Å². The van der Waals surface area contributed by atoms with E-state index in [4.69, 9.17) is 13.6 Å². The summed E-state index contributed by atoms with van der Waals surface area (Å²) in [6.45, 7) is 1.01. The highest BCUT2D eigenvalue weighted by Crippen LogP contribution is 2.33. The summed E-state index contributed by atoms with van der Waals surface area (Å²) in [4.78, 5) is 17.5. The van der Waals surface area contributed by atoms with Gasteiger partial charge < -0.3 is 15.7 Å². The molecule has 1 saturated heterocycles. The van der Waals surface area contributed by atoms with E-state index in [2.05, 4.69) is 4.98 Å². The zero-order valence-corrected chi connectivity index (χ0v) is 14.5. The molecule has 1 fully saturated rings. The molecule has 1 aromatic heterocycles. The van der Waals surface area contributed by atoms with Gasteiger partial charge in [0, 0.05) is 19.3 Å². The highest BCUT2D eigenvalue weighted by molar-refractivity contribution is 6.08. The van der Waals surface area contributed by atoms with Gasteiger partial charge in [-0.1, -0.05) is 19.2 Å². The molecule has 1 aromatic rings. The number of nitrogens with zero attached hydrogens (tertiary/aromatic N) is 2. The lowest BCUT2D eigenvalue weighted by Crippen LogP contribution is -2.57. The number of hydrogen-bond donors (Lipinski definition) is 2. The van der Waals surface area contributed by atoms with Crippen molar-refractivity contribution >= 4 is 19.6 Å². The molecule has 0 aromatic carbocycles. The largest absolute Gasteiger partial charge is 0.480 e. The van der Waals surface area contributed by atoms with Crippen molar-refractivity contribution in [2.45, 2.75) is 50.1 Å². The van der Waals surface area contributed by atoms with E-state index in [0.29, 0.717) is 50.9 Å². The third-order valence-corrected chi connectivity index (χ3v) is 5.07. The lowest BCUT2D eigenvalue weighted by molar-refractivity contribution is -0.146. The lowest BCUT2D eigenvalue weighted by Gasteiger charge is -2.40. The van der Waals surface area contributed by atoms with Crippen LogP contribution in [0, 0.1) is 5.92 Å². The quantitative estimate of drug-likeness (QED) is 0.571. The number of nitrogens with two attached hydrogens (primary N) is 1. The number of carboxylic acid groups (broad SMARTS) is 1. The van der Waals surface area contributed by atoms with Gasteiger partial charge in [0.05, 0.1) is 13.4 Å². The molecule has 0 aliphatic carbocycles. The Hall–Kier alpha value is -1.77. The van der Waals surface area contributed by atoms with Crippen LogP contribution in [0.15, 0.2) is 18.3 Å². The minimum Gasteiger partial charge on any atom is -0.480 e. The number of halogens is 3. The predicted molar refractivity (Wildman–Crippen MR) is 93.1 cm³/mol. The van der Waals surface area contributed by atoms with Gasteiger partial charge in [-0.2, -0.15) is 13.2 Å². The van der Waals surface area contributed by atoms with Crippen LogP contribution in [0.5, 0.6) is 0 Å². The fourth-order valence-corrected chi connectivity index (χ4v) is 3.41. The standard InChI is InChI=1S/C17H23BF3N3O2/c18-8-2-1-7-16(22,15(25)26)12-5-9-24(10-6-12)14-4-3-13(11-23-14)17(19,20)21/h3-4,11-12H,1-2,5-10,22H2,(H,25,26). The Morgan fingerprint density at radius 1 is 1.31 bits per heavy atom. The van der Waals surface area contributed by atoms with Crippen molar-refractivity contribution < 1.29 is 23.1 Å². The van der Waals surface area contributed by atoms with Crippen molar-refractivity contribution in [2.75, 3.05) is 18.0 Å². The molecule has 2 rings (SSSR count). The summed E-state index contributed by atoms with van der Waals surface area (Å²) in [6, 6.07) is 2.35. The molecule has 1 aliphatic heterocycles. The van der Waals surface area contributed by atoms with Crippen LogP contribution in [0.2, 0.25) is 6.32 Å². The molecule has 0 amide bonds.